The van der Waals surface area contributed by atoms with Gasteiger partial charge in [0.15, 0.2) is 5.17 Å². The van der Waals surface area contributed by atoms with Gasteiger partial charge in [-0.15, -0.1) is 0 Å². The lowest BCUT2D eigenvalue weighted by molar-refractivity contribution is -0.119. The largest absolute Gasteiger partial charge is 0.378 e. The number of pyridine rings is 1. The van der Waals surface area contributed by atoms with E-state index >= 15 is 0 Å². The molecule has 190 valence electrons. The summed E-state index contributed by atoms with van der Waals surface area (Å²) in [6, 6.07) is 13.1. The number of aromatic nitrogens is 1. The Morgan fingerprint density at radius 3 is 2.81 bits per heavy atom. The lowest BCUT2D eigenvalue weighted by Crippen LogP contribution is -2.36. The number of aliphatic imine (C=N–C) groups is 1. The topological polar surface area (TPSA) is 95.9 Å². The Hall–Kier alpha value is -3.40. The number of halogens is 1. The third-order valence-corrected chi connectivity index (χ3v) is 7.23. The van der Waals surface area contributed by atoms with E-state index in [0.717, 1.165) is 35.2 Å². The van der Waals surface area contributed by atoms with E-state index in [1.54, 1.807) is 18.2 Å². The van der Waals surface area contributed by atoms with Crippen molar-refractivity contribution in [1.29, 1.82) is 0 Å². The molecule has 2 amide bonds. The van der Waals surface area contributed by atoms with Gasteiger partial charge in [0.1, 0.15) is 0 Å². The van der Waals surface area contributed by atoms with E-state index in [-0.39, 0.29) is 17.7 Å². The molecule has 5 rings (SSSR count). The molecule has 0 radical (unpaired) electrons. The number of morpholine rings is 1. The fourth-order valence-electron chi connectivity index (χ4n) is 4.02. The van der Waals surface area contributed by atoms with E-state index < -0.39 is 0 Å². The van der Waals surface area contributed by atoms with Crippen molar-refractivity contribution in [3.05, 3.63) is 64.2 Å². The molecule has 0 atom stereocenters. The molecule has 37 heavy (non-hydrogen) atoms. The van der Waals surface area contributed by atoms with E-state index in [1.165, 1.54) is 11.8 Å². The smallest absolute Gasteiger partial charge is 0.264 e. The molecule has 3 aromatic rings. The lowest BCUT2D eigenvalue weighted by atomic mass is 10.1. The standard InChI is InChI=1S/C27H26ClN5O3S/c1-16(2)25(34)30-18-4-5-20(28)22(15-18)31-27-32-26(35)24(37-27)14-17-3-6-21-19(13-17)23(7-8-29-21)33-9-11-36-12-10-33/h3-8,13-16H,9-12H2,1-2H3,(H,30,34)(H,31,32,35)/b24-14-. The van der Waals surface area contributed by atoms with Crippen LogP contribution in [0, 0.1) is 5.92 Å². The number of amidine groups is 1. The van der Waals surface area contributed by atoms with E-state index in [2.05, 4.69) is 31.6 Å². The Kier molecular flexibility index (Phi) is 7.45. The fourth-order valence-corrected chi connectivity index (χ4v) is 5.02. The predicted octanol–water partition coefficient (Wildman–Crippen LogP) is 5.21. The first kappa shape index (κ1) is 25.3. The van der Waals surface area contributed by atoms with Crippen LogP contribution in [-0.2, 0) is 14.3 Å². The average molecular weight is 536 g/mol. The number of nitrogens with one attached hydrogen (secondary N) is 2. The van der Waals surface area contributed by atoms with Crippen LogP contribution in [0.4, 0.5) is 17.1 Å². The van der Waals surface area contributed by atoms with Crippen LogP contribution in [0.5, 0.6) is 0 Å². The number of carbonyl (C=O) groups is 2. The van der Waals surface area contributed by atoms with Crippen molar-refractivity contribution in [3.63, 3.8) is 0 Å². The summed E-state index contributed by atoms with van der Waals surface area (Å²) in [5, 5.41) is 7.51. The summed E-state index contributed by atoms with van der Waals surface area (Å²) in [7, 11) is 0. The van der Waals surface area contributed by atoms with Crippen LogP contribution < -0.4 is 15.5 Å². The molecule has 0 saturated carbocycles. The summed E-state index contributed by atoms with van der Waals surface area (Å²) in [4.78, 5) is 36.6. The van der Waals surface area contributed by atoms with Crippen molar-refractivity contribution in [3.8, 4) is 0 Å². The molecule has 2 fully saturated rings. The van der Waals surface area contributed by atoms with E-state index in [0.29, 0.717) is 39.7 Å². The SMILES string of the molecule is CC(C)C(=O)Nc1ccc(Cl)c(N=C2NC(=O)/C(=C/c3ccc4nccc(N5CCOCC5)c4c3)S2)c1. The third kappa shape index (κ3) is 5.79. The van der Waals surface area contributed by atoms with Gasteiger partial charge in [-0.05, 0) is 59.8 Å². The molecule has 10 heteroatoms. The zero-order valence-electron chi connectivity index (χ0n) is 20.5. The summed E-state index contributed by atoms with van der Waals surface area (Å²) >= 11 is 7.58. The van der Waals surface area contributed by atoms with Crippen LogP contribution in [0.15, 0.2) is 58.6 Å². The lowest BCUT2D eigenvalue weighted by Gasteiger charge is -2.29. The van der Waals surface area contributed by atoms with Crippen LogP contribution >= 0.6 is 23.4 Å². The van der Waals surface area contributed by atoms with Gasteiger partial charge in [-0.2, -0.15) is 0 Å². The van der Waals surface area contributed by atoms with Crippen molar-refractivity contribution in [1.82, 2.24) is 10.3 Å². The van der Waals surface area contributed by atoms with Crippen molar-refractivity contribution in [2.75, 3.05) is 36.5 Å². The summed E-state index contributed by atoms with van der Waals surface area (Å²) < 4.78 is 5.50. The summed E-state index contributed by atoms with van der Waals surface area (Å²) in [6.45, 7) is 6.69. The van der Waals surface area contributed by atoms with Gasteiger partial charge < -0.3 is 20.3 Å². The normalized spacial score (nSPS) is 18.2. The van der Waals surface area contributed by atoms with Gasteiger partial charge >= 0.3 is 0 Å². The van der Waals surface area contributed by atoms with Crippen LogP contribution in [0.2, 0.25) is 5.02 Å². The minimum Gasteiger partial charge on any atom is -0.378 e. The number of thioether (sulfide) groups is 1. The summed E-state index contributed by atoms with van der Waals surface area (Å²) in [6.07, 6.45) is 3.67. The molecule has 2 aromatic carbocycles. The van der Waals surface area contributed by atoms with Gasteiger partial charge in [-0.1, -0.05) is 31.5 Å². The summed E-state index contributed by atoms with van der Waals surface area (Å²) in [5.41, 5.74) is 3.95. The Balaban J connectivity index is 1.40. The minimum atomic E-state index is -0.233. The number of amides is 2. The van der Waals surface area contributed by atoms with Crippen molar-refractivity contribution >= 4 is 74.4 Å². The Morgan fingerprint density at radius 1 is 1.22 bits per heavy atom. The van der Waals surface area contributed by atoms with Crippen molar-refractivity contribution in [2.24, 2.45) is 10.9 Å². The third-order valence-electron chi connectivity index (χ3n) is 6.00. The Morgan fingerprint density at radius 2 is 2.03 bits per heavy atom. The number of benzene rings is 2. The molecular weight excluding hydrogens is 510 g/mol. The average Bonchev–Trinajstić information content (AvgIpc) is 3.24. The van der Waals surface area contributed by atoms with Crippen LogP contribution in [0.1, 0.15) is 19.4 Å². The number of nitrogens with zero attached hydrogens (tertiary/aromatic N) is 3. The first-order chi connectivity index (χ1) is 17.9. The van der Waals surface area contributed by atoms with Gasteiger partial charge in [-0.3, -0.25) is 14.6 Å². The van der Waals surface area contributed by atoms with Crippen molar-refractivity contribution < 1.29 is 14.3 Å². The zero-order valence-corrected chi connectivity index (χ0v) is 22.0. The molecule has 3 heterocycles. The Bertz CT molecular complexity index is 1430. The number of rotatable bonds is 5. The monoisotopic (exact) mass is 535 g/mol. The molecular formula is C27H26ClN5O3S. The zero-order chi connectivity index (χ0) is 25.9. The number of carbonyl (C=O) groups excluding carboxylic acids is 2. The second-order valence-corrected chi connectivity index (χ2v) is 10.4. The number of hydrogen-bond acceptors (Lipinski definition) is 7. The van der Waals surface area contributed by atoms with Gasteiger partial charge in [0.05, 0.1) is 34.3 Å². The maximum atomic E-state index is 12.7. The minimum absolute atomic E-state index is 0.1000. The maximum Gasteiger partial charge on any atom is 0.264 e. The second kappa shape index (κ2) is 10.9. The van der Waals surface area contributed by atoms with Crippen LogP contribution in [0.3, 0.4) is 0 Å². The first-order valence-electron chi connectivity index (χ1n) is 12.0. The highest BCUT2D eigenvalue weighted by atomic mass is 35.5. The highest BCUT2D eigenvalue weighted by Gasteiger charge is 2.24. The van der Waals surface area contributed by atoms with Gasteiger partial charge in [0.25, 0.3) is 5.91 Å². The van der Waals surface area contributed by atoms with Crippen LogP contribution in [-0.4, -0.2) is 48.3 Å². The molecule has 8 nitrogen and oxygen atoms in total. The number of ether oxygens (including phenoxy) is 1. The van der Waals surface area contributed by atoms with E-state index in [9.17, 15) is 9.59 Å². The van der Waals surface area contributed by atoms with Gasteiger partial charge in [-0.25, -0.2) is 4.99 Å². The number of hydrogen-bond donors (Lipinski definition) is 2. The number of fused-ring (bicyclic) bond motifs is 1. The summed E-state index contributed by atoms with van der Waals surface area (Å²) in [5.74, 6) is -0.487. The molecule has 2 N–H and O–H groups in total. The molecule has 0 bridgehead atoms. The molecule has 2 aliphatic heterocycles. The quantitative estimate of drug-likeness (QED) is 0.435. The highest BCUT2D eigenvalue weighted by Crippen LogP contribution is 2.34. The Labute approximate surface area is 224 Å². The fraction of sp³-hybridized carbons (Fsp3) is 0.259. The maximum absolute atomic E-state index is 12.7. The first-order valence-corrected chi connectivity index (χ1v) is 13.2. The highest BCUT2D eigenvalue weighted by molar-refractivity contribution is 8.18. The van der Waals surface area contributed by atoms with E-state index in [4.69, 9.17) is 16.3 Å². The number of anilines is 2. The van der Waals surface area contributed by atoms with E-state index in [1.807, 2.05) is 44.3 Å². The molecule has 0 aliphatic carbocycles. The predicted molar refractivity (Wildman–Crippen MR) is 151 cm³/mol. The molecule has 1 aromatic heterocycles. The van der Waals surface area contributed by atoms with Crippen LogP contribution in [0.25, 0.3) is 17.0 Å². The molecule has 0 unspecified atom stereocenters. The molecule has 0 spiro atoms. The van der Waals surface area contributed by atoms with Gasteiger partial charge in [0.2, 0.25) is 5.91 Å². The van der Waals surface area contributed by atoms with Crippen molar-refractivity contribution in [2.45, 2.75) is 13.8 Å². The molecule has 2 saturated heterocycles. The van der Waals surface area contributed by atoms with Gasteiger partial charge in [0, 0.05) is 42.0 Å². The molecule has 2 aliphatic rings. The second-order valence-electron chi connectivity index (χ2n) is 9.00.